The molecule has 0 atom stereocenters. The minimum atomic E-state index is 0.556. The molecule has 0 unspecified atom stereocenters. The van der Waals surface area contributed by atoms with E-state index in [-0.39, 0.29) is 0 Å². The van der Waals surface area contributed by atoms with Gasteiger partial charge >= 0.3 is 0 Å². The predicted octanol–water partition coefficient (Wildman–Crippen LogP) is 10.3. The van der Waals surface area contributed by atoms with Crippen LogP contribution in [0.4, 0.5) is 0 Å². The molecule has 1 aromatic heterocycles. The zero-order valence-electron chi connectivity index (χ0n) is 21.0. The van der Waals surface area contributed by atoms with Gasteiger partial charge in [-0.2, -0.15) is 5.26 Å². The summed E-state index contributed by atoms with van der Waals surface area (Å²) in [6.45, 7) is 0. The average molecular weight is 496 g/mol. The Labute approximate surface area is 225 Å². The molecule has 7 aromatic carbocycles. The zero-order valence-corrected chi connectivity index (χ0v) is 21.0. The lowest BCUT2D eigenvalue weighted by atomic mass is 9.90. The molecule has 0 fully saturated rings. The van der Waals surface area contributed by atoms with Gasteiger partial charge in [-0.3, -0.25) is 0 Å². The highest BCUT2D eigenvalue weighted by Crippen LogP contribution is 2.40. The summed E-state index contributed by atoms with van der Waals surface area (Å²) in [5.41, 5.74) is 6.51. The standard InChI is InChI=1S/C37H21NO/c38-22-26-8-5-13-32-33-14-6-12-28(37(33)39-36(26)32)24-15-17-25(18-16-24)34-21-35-27-9-2-1-7-23(27)19-20-31(35)29-10-3-4-11-30(29)34/h1-21H. The van der Waals surface area contributed by atoms with Crippen molar-refractivity contribution >= 4 is 54.3 Å². The SMILES string of the molecule is N#Cc1cccc2c1oc1c(-c3ccc(-c4cc5c6ccccc6ccc5c5ccccc45)cc3)cccc12. The van der Waals surface area contributed by atoms with E-state index >= 15 is 0 Å². The van der Waals surface area contributed by atoms with Gasteiger partial charge in [0.05, 0.1) is 5.56 Å². The third-order valence-electron chi connectivity index (χ3n) is 7.92. The molecule has 0 radical (unpaired) electrons. The summed E-state index contributed by atoms with van der Waals surface area (Å²) in [5.74, 6) is 0. The Morgan fingerprint density at radius 3 is 1.85 bits per heavy atom. The van der Waals surface area contributed by atoms with Gasteiger partial charge in [0, 0.05) is 16.3 Å². The van der Waals surface area contributed by atoms with Crippen LogP contribution in [0.3, 0.4) is 0 Å². The maximum Gasteiger partial charge on any atom is 0.153 e. The molecule has 0 saturated heterocycles. The van der Waals surface area contributed by atoms with Crippen molar-refractivity contribution in [3.05, 3.63) is 133 Å². The maximum atomic E-state index is 9.58. The van der Waals surface area contributed by atoms with E-state index in [4.69, 9.17) is 4.42 Å². The van der Waals surface area contributed by atoms with Crippen LogP contribution in [0.5, 0.6) is 0 Å². The first-order valence-corrected chi connectivity index (χ1v) is 13.1. The Bertz CT molecular complexity index is 2280. The fourth-order valence-corrected chi connectivity index (χ4v) is 6.06. The lowest BCUT2D eigenvalue weighted by Gasteiger charge is -2.13. The van der Waals surface area contributed by atoms with Crippen molar-refractivity contribution in [1.29, 1.82) is 5.26 Å². The highest BCUT2D eigenvalue weighted by Gasteiger charge is 2.15. The molecule has 2 heteroatoms. The number of hydrogen-bond acceptors (Lipinski definition) is 2. The molecule has 0 saturated carbocycles. The van der Waals surface area contributed by atoms with Crippen molar-refractivity contribution in [3.63, 3.8) is 0 Å². The second kappa shape index (κ2) is 8.31. The molecule has 39 heavy (non-hydrogen) atoms. The van der Waals surface area contributed by atoms with Gasteiger partial charge in [-0.05, 0) is 61.1 Å². The van der Waals surface area contributed by atoms with Gasteiger partial charge in [0.25, 0.3) is 0 Å². The largest absolute Gasteiger partial charge is 0.454 e. The van der Waals surface area contributed by atoms with E-state index in [0.29, 0.717) is 11.1 Å². The lowest BCUT2D eigenvalue weighted by Crippen LogP contribution is -1.87. The van der Waals surface area contributed by atoms with Gasteiger partial charge in [-0.1, -0.05) is 115 Å². The Morgan fingerprint density at radius 1 is 0.436 bits per heavy atom. The van der Waals surface area contributed by atoms with E-state index in [1.807, 2.05) is 12.1 Å². The van der Waals surface area contributed by atoms with Crippen molar-refractivity contribution < 1.29 is 4.42 Å². The second-order valence-electron chi connectivity index (χ2n) is 10.0. The highest BCUT2D eigenvalue weighted by atomic mass is 16.3. The molecule has 0 aliphatic rings. The number of nitriles is 1. The number of fused-ring (bicyclic) bond motifs is 8. The highest BCUT2D eigenvalue weighted by molar-refractivity contribution is 6.21. The molecule has 0 spiro atoms. The van der Waals surface area contributed by atoms with Gasteiger partial charge in [0.15, 0.2) is 5.58 Å². The predicted molar refractivity (Wildman–Crippen MR) is 162 cm³/mol. The number of furan rings is 1. The fourth-order valence-electron chi connectivity index (χ4n) is 6.06. The van der Waals surface area contributed by atoms with E-state index < -0.39 is 0 Å². The van der Waals surface area contributed by atoms with Crippen molar-refractivity contribution in [2.75, 3.05) is 0 Å². The van der Waals surface area contributed by atoms with Crippen LogP contribution in [0.15, 0.2) is 132 Å². The monoisotopic (exact) mass is 495 g/mol. The summed E-state index contributed by atoms with van der Waals surface area (Å²) in [7, 11) is 0. The molecule has 8 rings (SSSR count). The van der Waals surface area contributed by atoms with E-state index in [2.05, 4.69) is 115 Å². The van der Waals surface area contributed by atoms with Crippen LogP contribution in [0.25, 0.3) is 76.5 Å². The third kappa shape index (κ3) is 3.21. The number of para-hydroxylation sites is 2. The van der Waals surface area contributed by atoms with E-state index in [9.17, 15) is 5.26 Å². The van der Waals surface area contributed by atoms with Crippen molar-refractivity contribution in [3.8, 4) is 28.3 Å². The maximum absolute atomic E-state index is 9.58. The molecule has 180 valence electrons. The molecule has 1 heterocycles. The molecule has 8 aromatic rings. The summed E-state index contributed by atoms with van der Waals surface area (Å²) >= 11 is 0. The van der Waals surface area contributed by atoms with Crippen molar-refractivity contribution in [1.82, 2.24) is 0 Å². The number of hydrogen-bond donors (Lipinski definition) is 0. The average Bonchev–Trinajstić information content (AvgIpc) is 3.40. The van der Waals surface area contributed by atoms with Crippen LogP contribution in [-0.4, -0.2) is 0 Å². The summed E-state index contributed by atoms with van der Waals surface area (Å²) in [5, 5.41) is 19.1. The van der Waals surface area contributed by atoms with Gasteiger partial charge in [0.1, 0.15) is 11.7 Å². The number of nitrogens with zero attached hydrogens (tertiary/aromatic N) is 1. The fraction of sp³-hybridized carbons (Fsp3) is 0. The molecule has 0 amide bonds. The summed E-state index contributed by atoms with van der Waals surface area (Å²) in [6.07, 6.45) is 0. The first kappa shape index (κ1) is 21.7. The summed E-state index contributed by atoms with van der Waals surface area (Å²) in [4.78, 5) is 0. The van der Waals surface area contributed by atoms with Crippen LogP contribution in [0.1, 0.15) is 5.56 Å². The Kier molecular flexibility index (Phi) is 4.62. The summed E-state index contributed by atoms with van der Waals surface area (Å²) in [6, 6.07) is 47.0. The van der Waals surface area contributed by atoms with Gasteiger partial charge in [-0.15, -0.1) is 0 Å². The molecular weight excluding hydrogens is 474 g/mol. The van der Waals surface area contributed by atoms with Crippen molar-refractivity contribution in [2.45, 2.75) is 0 Å². The van der Waals surface area contributed by atoms with Crippen LogP contribution >= 0.6 is 0 Å². The minimum Gasteiger partial charge on any atom is -0.454 e. The lowest BCUT2D eigenvalue weighted by molar-refractivity contribution is 0.668. The Balaban J connectivity index is 1.33. The second-order valence-corrected chi connectivity index (χ2v) is 10.0. The molecule has 0 aliphatic heterocycles. The quantitative estimate of drug-likeness (QED) is 0.224. The van der Waals surface area contributed by atoms with Gasteiger partial charge < -0.3 is 4.42 Å². The topological polar surface area (TPSA) is 36.9 Å². The third-order valence-corrected chi connectivity index (χ3v) is 7.92. The molecule has 0 N–H and O–H groups in total. The Morgan fingerprint density at radius 2 is 1.05 bits per heavy atom. The van der Waals surface area contributed by atoms with Crippen molar-refractivity contribution in [2.24, 2.45) is 0 Å². The van der Waals surface area contributed by atoms with Gasteiger partial charge in [0.2, 0.25) is 0 Å². The first-order valence-electron chi connectivity index (χ1n) is 13.1. The molecule has 0 aliphatic carbocycles. The molecule has 0 bridgehead atoms. The number of benzene rings is 7. The van der Waals surface area contributed by atoms with E-state index in [1.165, 1.54) is 43.4 Å². The van der Waals surface area contributed by atoms with Crippen LogP contribution in [0.2, 0.25) is 0 Å². The van der Waals surface area contributed by atoms with Crippen LogP contribution in [0, 0.1) is 11.3 Å². The number of rotatable bonds is 2. The van der Waals surface area contributed by atoms with E-state index in [1.54, 1.807) is 6.07 Å². The smallest absolute Gasteiger partial charge is 0.153 e. The summed E-state index contributed by atoms with van der Waals surface area (Å²) < 4.78 is 6.30. The Hall–Kier alpha value is -5.39. The molecular formula is C37H21NO. The van der Waals surface area contributed by atoms with E-state index in [0.717, 1.165) is 27.5 Å². The van der Waals surface area contributed by atoms with Crippen LogP contribution < -0.4 is 0 Å². The minimum absolute atomic E-state index is 0.556. The normalized spacial score (nSPS) is 11.6. The first-order chi connectivity index (χ1) is 19.3. The molecule has 2 nitrogen and oxygen atoms in total. The van der Waals surface area contributed by atoms with Crippen LogP contribution in [-0.2, 0) is 0 Å². The van der Waals surface area contributed by atoms with Gasteiger partial charge in [-0.25, -0.2) is 0 Å². The zero-order chi connectivity index (χ0) is 25.9.